The van der Waals surface area contributed by atoms with Crippen molar-refractivity contribution >= 4 is 17.3 Å². The SMILES string of the molecule is Clc1ccccc1[C@H](c1nnnn1C[C@@H]1CCCO1)N1CCN(c2ccccc2)CC1. The first-order valence-electron chi connectivity index (χ1n) is 11.0. The van der Waals surface area contributed by atoms with Crippen molar-refractivity contribution in [3.8, 4) is 0 Å². The summed E-state index contributed by atoms with van der Waals surface area (Å²) in [5.74, 6) is 0.830. The van der Waals surface area contributed by atoms with Gasteiger partial charge in [0.1, 0.15) is 0 Å². The predicted molar refractivity (Wildman–Crippen MR) is 120 cm³/mol. The molecule has 0 radical (unpaired) electrons. The van der Waals surface area contributed by atoms with E-state index in [4.69, 9.17) is 16.3 Å². The fourth-order valence-electron chi connectivity index (χ4n) is 4.59. The average Bonchev–Trinajstić information content (AvgIpc) is 3.49. The van der Waals surface area contributed by atoms with Gasteiger partial charge in [-0.3, -0.25) is 4.90 Å². The normalized spacial score (nSPS) is 20.8. The molecule has 0 saturated carbocycles. The second-order valence-electron chi connectivity index (χ2n) is 8.14. The van der Waals surface area contributed by atoms with Gasteiger partial charge in [-0.2, -0.15) is 0 Å². The molecule has 2 aromatic carbocycles. The number of anilines is 1. The summed E-state index contributed by atoms with van der Waals surface area (Å²) in [4.78, 5) is 4.87. The van der Waals surface area contributed by atoms with Gasteiger partial charge in [-0.1, -0.05) is 48.0 Å². The molecule has 2 aliphatic rings. The minimum absolute atomic E-state index is 0.0944. The minimum Gasteiger partial charge on any atom is -0.376 e. The van der Waals surface area contributed by atoms with Gasteiger partial charge in [-0.25, -0.2) is 4.68 Å². The molecule has 162 valence electrons. The second-order valence-corrected chi connectivity index (χ2v) is 8.54. The fourth-order valence-corrected chi connectivity index (χ4v) is 4.83. The lowest BCUT2D eigenvalue weighted by molar-refractivity contribution is 0.0907. The Kier molecular flexibility index (Phi) is 6.15. The highest BCUT2D eigenvalue weighted by molar-refractivity contribution is 6.31. The summed E-state index contributed by atoms with van der Waals surface area (Å²) in [7, 11) is 0. The molecule has 0 spiro atoms. The van der Waals surface area contributed by atoms with E-state index in [1.807, 2.05) is 22.9 Å². The standard InChI is InChI=1S/C23H27ClN6O/c24-21-11-5-4-10-20(21)22(23-25-26-27-30(23)17-19-9-6-16-31-19)29-14-12-28(13-15-29)18-7-2-1-3-8-18/h1-5,7-8,10-11,19,22H,6,9,12-17H2/t19-,22+/m0/s1. The third-order valence-electron chi connectivity index (χ3n) is 6.21. The van der Waals surface area contributed by atoms with Crippen LogP contribution in [-0.2, 0) is 11.3 Å². The largest absolute Gasteiger partial charge is 0.376 e. The van der Waals surface area contributed by atoms with Gasteiger partial charge < -0.3 is 9.64 Å². The van der Waals surface area contributed by atoms with Crippen molar-refractivity contribution in [3.05, 3.63) is 71.0 Å². The number of nitrogens with zero attached hydrogens (tertiary/aromatic N) is 6. The maximum absolute atomic E-state index is 6.66. The van der Waals surface area contributed by atoms with Gasteiger partial charge in [0.15, 0.2) is 5.82 Å². The summed E-state index contributed by atoms with van der Waals surface area (Å²) in [6, 6.07) is 18.5. The number of benzene rings is 2. The van der Waals surface area contributed by atoms with Gasteiger partial charge in [-0.05, 0) is 47.0 Å². The van der Waals surface area contributed by atoms with E-state index in [1.165, 1.54) is 5.69 Å². The number of rotatable bonds is 6. The van der Waals surface area contributed by atoms with E-state index in [-0.39, 0.29) is 12.1 Å². The van der Waals surface area contributed by atoms with Crippen LogP contribution in [0.15, 0.2) is 54.6 Å². The van der Waals surface area contributed by atoms with E-state index in [9.17, 15) is 0 Å². The maximum Gasteiger partial charge on any atom is 0.173 e. The van der Waals surface area contributed by atoms with Crippen LogP contribution >= 0.6 is 11.6 Å². The van der Waals surface area contributed by atoms with Crippen molar-refractivity contribution in [3.63, 3.8) is 0 Å². The first-order valence-corrected chi connectivity index (χ1v) is 11.3. The molecule has 0 N–H and O–H groups in total. The van der Waals surface area contributed by atoms with E-state index < -0.39 is 0 Å². The Balaban J connectivity index is 1.42. The molecule has 2 aliphatic heterocycles. The van der Waals surface area contributed by atoms with Crippen LogP contribution in [0.4, 0.5) is 5.69 Å². The topological polar surface area (TPSA) is 59.3 Å². The Morgan fingerprint density at radius 1 is 1.00 bits per heavy atom. The van der Waals surface area contributed by atoms with E-state index in [0.29, 0.717) is 6.54 Å². The van der Waals surface area contributed by atoms with E-state index in [1.54, 1.807) is 0 Å². The second kappa shape index (κ2) is 9.34. The van der Waals surface area contributed by atoms with Crippen molar-refractivity contribution in [1.29, 1.82) is 0 Å². The summed E-state index contributed by atoms with van der Waals surface area (Å²) >= 11 is 6.66. The smallest absolute Gasteiger partial charge is 0.173 e. The molecule has 2 fully saturated rings. The molecule has 1 aromatic heterocycles. The van der Waals surface area contributed by atoms with Crippen molar-refractivity contribution < 1.29 is 4.74 Å². The first-order chi connectivity index (χ1) is 15.3. The molecule has 2 saturated heterocycles. The van der Waals surface area contributed by atoms with Gasteiger partial charge >= 0.3 is 0 Å². The zero-order chi connectivity index (χ0) is 21.0. The minimum atomic E-state index is -0.0944. The van der Waals surface area contributed by atoms with Gasteiger partial charge in [0.25, 0.3) is 0 Å². The summed E-state index contributed by atoms with van der Waals surface area (Å²) in [5, 5.41) is 13.5. The molecule has 0 unspecified atom stereocenters. The summed E-state index contributed by atoms with van der Waals surface area (Å²) < 4.78 is 7.75. The molecule has 0 aliphatic carbocycles. The highest BCUT2D eigenvalue weighted by Crippen LogP contribution is 2.33. The molecular weight excluding hydrogens is 412 g/mol. The van der Waals surface area contributed by atoms with Crippen molar-refractivity contribution in [1.82, 2.24) is 25.1 Å². The van der Waals surface area contributed by atoms with Gasteiger partial charge in [0.2, 0.25) is 0 Å². The van der Waals surface area contributed by atoms with Gasteiger partial charge in [0, 0.05) is 43.5 Å². The lowest BCUT2D eigenvalue weighted by Crippen LogP contribution is -2.48. The number of hydrogen-bond acceptors (Lipinski definition) is 6. The summed E-state index contributed by atoms with van der Waals surface area (Å²) in [5.41, 5.74) is 2.31. The monoisotopic (exact) mass is 438 g/mol. The van der Waals surface area contributed by atoms with E-state index >= 15 is 0 Å². The summed E-state index contributed by atoms with van der Waals surface area (Å²) in [6.45, 7) is 5.18. The highest BCUT2D eigenvalue weighted by Gasteiger charge is 2.32. The Hall–Kier alpha value is -2.48. The molecule has 3 heterocycles. The lowest BCUT2D eigenvalue weighted by Gasteiger charge is -2.40. The third-order valence-corrected chi connectivity index (χ3v) is 6.55. The molecular formula is C23H27ClN6O. The number of aromatic nitrogens is 4. The summed E-state index contributed by atoms with van der Waals surface area (Å²) in [6.07, 6.45) is 2.31. The Bertz CT molecular complexity index is 982. The van der Waals surface area contributed by atoms with Crippen LogP contribution in [0.2, 0.25) is 5.02 Å². The Labute approximate surface area is 187 Å². The fraction of sp³-hybridized carbons (Fsp3) is 0.435. The quantitative estimate of drug-likeness (QED) is 0.587. The zero-order valence-electron chi connectivity index (χ0n) is 17.5. The lowest BCUT2D eigenvalue weighted by atomic mass is 10.0. The number of ether oxygens (including phenoxy) is 1. The highest BCUT2D eigenvalue weighted by atomic mass is 35.5. The molecule has 0 amide bonds. The molecule has 8 heteroatoms. The number of para-hydroxylation sites is 1. The molecule has 0 bridgehead atoms. The van der Waals surface area contributed by atoms with Crippen molar-refractivity contribution in [2.75, 3.05) is 37.7 Å². The van der Waals surface area contributed by atoms with Crippen molar-refractivity contribution in [2.24, 2.45) is 0 Å². The van der Waals surface area contributed by atoms with Crippen LogP contribution in [0.25, 0.3) is 0 Å². The van der Waals surface area contributed by atoms with Crippen molar-refractivity contribution in [2.45, 2.75) is 31.5 Å². The molecule has 2 atom stereocenters. The predicted octanol–water partition coefficient (Wildman–Crippen LogP) is 3.42. The van der Waals surface area contributed by atoms with Crippen LogP contribution in [0, 0.1) is 0 Å². The van der Waals surface area contributed by atoms with Crippen LogP contribution in [-0.4, -0.2) is 64.0 Å². The van der Waals surface area contributed by atoms with Crippen LogP contribution in [0.5, 0.6) is 0 Å². The van der Waals surface area contributed by atoms with Crippen LogP contribution < -0.4 is 4.90 Å². The zero-order valence-corrected chi connectivity index (χ0v) is 18.2. The first kappa shape index (κ1) is 20.4. The van der Waals surface area contributed by atoms with Gasteiger partial charge in [0.05, 0.1) is 18.7 Å². The number of tetrazole rings is 1. The Morgan fingerprint density at radius 3 is 2.52 bits per heavy atom. The average molecular weight is 439 g/mol. The maximum atomic E-state index is 6.66. The van der Waals surface area contributed by atoms with Gasteiger partial charge in [-0.15, -0.1) is 5.10 Å². The third kappa shape index (κ3) is 4.44. The number of piperazine rings is 1. The Morgan fingerprint density at radius 2 is 1.77 bits per heavy atom. The number of hydrogen-bond donors (Lipinski definition) is 0. The van der Waals surface area contributed by atoms with Crippen LogP contribution in [0.1, 0.15) is 30.3 Å². The van der Waals surface area contributed by atoms with E-state index in [2.05, 4.69) is 61.7 Å². The molecule has 5 rings (SSSR count). The number of halogens is 1. The van der Waals surface area contributed by atoms with Crippen LogP contribution in [0.3, 0.4) is 0 Å². The molecule has 31 heavy (non-hydrogen) atoms. The van der Waals surface area contributed by atoms with E-state index in [0.717, 1.165) is 62.0 Å². The molecule has 3 aromatic rings. The molecule has 7 nitrogen and oxygen atoms in total.